The van der Waals surface area contributed by atoms with Crippen LogP contribution in [0.4, 0.5) is 26.3 Å². The van der Waals surface area contributed by atoms with E-state index in [0.29, 0.717) is 23.1 Å². The lowest BCUT2D eigenvalue weighted by molar-refractivity contribution is -0.144. The molecule has 1 N–H and O–H groups in total. The minimum Gasteiger partial charge on any atom is -0.598 e. The fraction of sp³-hybridized carbons (Fsp3) is 0.500. The molecule has 1 heterocycles. The number of nitrogens with one attached hydrogen (secondary N) is 1. The lowest BCUT2D eigenvalue weighted by Crippen LogP contribution is -2.39. The Morgan fingerprint density at radius 3 is 2.34 bits per heavy atom. The molecule has 11 heteroatoms. The number of benzene rings is 1. The van der Waals surface area contributed by atoms with Crippen LogP contribution in [0.3, 0.4) is 0 Å². The lowest BCUT2D eigenvalue weighted by Gasteiger charge is -2.18. The van der Waals surface area contributed by atoms with Gasteiger partial charge in [-0.3, -0.25) is 4.68 Å². The van der Waals surface area contributed by atoms with E-state index in [-0.39, 0.29) is 17.4 Å². The van der Waals surface area contributed by atoms with Crippen molar-refractivity contribution in [1.29, 1.82) is 0 Å². The number of rotatable bonds is 5. The van der Waals surface area contributed by atoms with E-state index >= 15 is 0 Å². The average Bonchev–Trinajstić information content (AvgIpc) is 3.17. The number of fused-ring (bicyclic) bond motifs is 1. The Balaban J connectivity index is 1.81. The van der Waals surface area contributed by atoms with Gasteiger partial charge in [0.15, 0.2) is 5.69 Å². The zero-order valence-corrected chi connectivity index (χ0v) is 16.4. The molecule has 1 unspecified atom stereocenters. The molecular formula is C18H19F6N3OS. The molecule has 3 rings (SSSR count). The number of nitrogens with zero attached hydrogens (tertiary/aromatic N) is 2. The molecule has 0 amide bonds. The molecule has 0 aliphatic heterocycles. The number of aromatic nitrogens is 2. The van der Waals surface area contributed by atoms with E-state index in [1.807, 2.05) is 13.8 Å². The van der Waals surface area contributed by atoms with Crippen molar-refractivity contribution in [2.45, 2.75) is 56.9 Å². The van der Waals surface area contributed by atoms with Gasteiger partial charge in [-0.15, -0.1) is 4.72 Å². The quantitative estimate of drug-likeness (QED) is 0.564. The van der Waals surface area contributed by atoms with Crippen LogP contribution < -0.4 is 4.72 Å². The van der Waals surface area contributed by atoms with Crippen LogP contribution in [0, 0.1) is 0 Å². The van der Waals surface area contributed by atoms with Gasteiger partial charge in [-0.05, 0) is 43.4 Å². The van der Waals surface area contributed by atoms with Gasteiger partial charge >= 0.3 is 12.4 Å². The van der Waals surface area contributed by atoms with Crippen LogP contribution >= 0.6 is 0 Å². The Morgan fingerprint density at radius 1 is 1.10 bits per heavy atom. The summed E-state index contributed by atoms with van der Waals surface area (Å²) in [5.41, 5.74) is -0.766. The van der Waals surface area contributed by atoms with Crippen molar-refractivity contribution in [1.82, 2.24) is 14.5 Å². The van der Waals surface area contributed by atoms with Gasteiger partial charge in [-0.1, -0.05) is 18.2 Å². The maximum Gasteiger partial charge on any atom is 0.435 e. The van der Waals surface area contributed by atoms with Crippen molar-refractivity contribution in [3.63, 3.8) is 0 Å². The SMILES string of the molecule is CC(C)[S+]([O-])N[C@H]1Cc2ccc(Cn3nc(C(F)(F)F)cc3C(F)(F)F)cc2C1. The maximum absolute atomic E-state index is 13.1. The van der Waals surface area contributed by atoms with Gasteiger partial charge in [-0.25, -0.2) is 0 Å². The van der Waals surface area contributed by atoms with Crippen LogP contribution in [-0.2, 0) is 43.1 Å². The van der Waals surface area contributed by atoms with Gasteiger partial charge < -0.3 is 4.55 Å². The molecule has 0 saturated heterocycles. The van der Waals surface area contributed by atoms with Crippen LogP contribution in [0.1, 0.15) is 41.9 Å². The molecule has 160 valence electrons. The fourth-order valence-corrected chi connectivity index (χ4v) is 4.00. The summed E-state index contributed by atoms with van der Waals surface area (Å²) in [6.07, 6.45) is -8.75. The summed E-state index contributed by atoms with van der Waals surface area (Å²) in [6, 6.07) is 4.96. The molecule has 2 aromatic rings. The summed E-state index contributed by atoms with van der Waals surface area (Å²) in [7, 11) is 0. The molecule has 1 aliphatic rings. The first-order valence-corrected chi connectivity index (χ1v) is 10.1. The van der Waals surface area contributed by atoms with Crippen LogP contribution in [0.25, 0.3) is 0 Å². The van der Waals surface area contributed by atoms with Gasteiger partial charge in [0.2, 0.25) is 0 Å². The van der Waals surface area contributed by atoms with Crippen molar-refractivity contribution < 1.29 is 30.9 Å². The Hall–Kier alpha value is -1.72. The summed E-state index contributed by atoms with van der Waals surface area (Å²) < 4.78 is 93.2. The first kappa shape index (κ1) is 22.0. The van der Waals surface area contributed by atoms with Crippen LogP contribution in [0.5, 0.6) is 0 Å². The summed E-state index contributed by atoms with van der Waals surface area (Å²) in [5, 5.41) is 3.07. The molecule has 4 nitrogen and oxygen atoms in total. The van der Waals surface area contributed by atoms with Gasteiger partial charge in [0.05, 0.1) is 12.6 Å². The largest absolute Gasteiger partial charge is 0.598 e. The van der Waals surface area contributed by atoms with E-state index in [0.717, 1.165) is 11.1 Å². The van der Waals surface area contributed by atoms with Crippen molar-refractivity contribution >= 4 is 11.4 Å². The summed E-state index contributed by atoms with van der Waals surface area (Å²) in [4.78, 5) is 0. The van der Waals surface area contributed by atoms with Crippen molar-refractivity contribution in [2.75, 3.05) is 0 Å². The Bertz CT molecular complexity index is 877. The van der Waals surface area contributed by atoms with Gasteiger partial charge in [0.1, 0.15) is 10.9 Å². The summed E-state index contributed by atoms with van der Waals surface area (Å²) in [6.45, 7) is 3.20. The van der Waals surface area contributed by atoms with E-state index in [4.69, 9.17) is 0 Å². The summed E-state index contributed by atoms with van der Waals surface area (Å²) >= 11 is -1.20. The molecule has 29 heavy (non-hydrogen) atoms. The number of hydrogen-bond acceptors (Lipinski definition) is 3. The van der Waals surface area contributed by atoms with Gasteiger partial charge in [-0.2, -0.15) is 31.4 Å². The molecule has 1 aliphatic carbocycles. The number of hydrogen-bond donors (Lipinski definition) is 1. The standard InChI is InChI=1S/C18H19F6N3OS/c1-10(2)29(28)26-14-6-12-4-3-11(5-13(12)7-14)9-27-16(18(22,23)24)8-15(25-27)17(19,20)21/h3-5,8,10,14,26H,6-7,9H2,1-2H3/t14-,29?/m0/s1. The molecule has 2 atom stereocenters. The molecule has 0 fully saturated rings. The zero-order chi connectivity index (χ0) is 21.6. The summed E-state index contributed by atoms with van der Waals surface area (Å²) in [5.74, 6) is 0. The first-order valence-electron chi connectivity index (χ1n) is 8.84. The Kier molecular flexibility index (Phi) is 5.94. The third-order valence-corrected chi connectivity index (χ3v) is 6.03. The molecule has 0 spiro atoms. The Labute approximate surface area is 166 Å². The van der Waals surface area contributed by atoms with E-state index in [2.05, 4.69) is 9.82 Å². The predicted molar refractivity (Wildman–Crippen MR) is 95.4 cm³/mol. The van der Waals surface area contributed by atoms with E-state index in [1.165, 1.54) is 0 Å². The highest BCUT2D eigenvalue weighted by atomic mass is 32.2. The maximum atomic E-state index is 13.1. The first-order chi connectivity index (χ1) is 13.3. The highest BCUT2D eigenvalue weighted by Gasteiger charge is 2.41. The minimum atomic E-state index is -4.96. The van der Waals surface area contributed by atoms with E-state index < -0.39 is 41.6 Å². The third-order valence-electron chi connectivity index (χ3n) is 4.61. The second kappa shape index (κ2) is 7.84. The highest BCUT2D eigenvalue weighted by Crippen LogP contribution is 2.35. The molecule has 1 aromatic carbocycles. The third kappa shape index (κ3) is 5.07. The fourth-order valence-electron chi connectivity index (χ4n) is 3.23. The topological polar surface area (TPSA) is 52.9 Å². The Morgan fingerprint density at radius 2 is 1.76 bits per heavy atom. The monoisotopic (exact) mass is 439 g/mol. The zero-order valence-electron chi connectivity index (χ0n) is 15.6. The second-order valence-corrected chi connectivity index (χ2v) is 9.01. The average molecular weight is 439 g/mol. The van der Waals surface area contributed by atoms with Crippen LogP contribution in [-0.4, -0.2) is 25.6 Å². The van der Waals surface area contributed by atoms with Gasteiger partial charge in [0.25, 0.3) is 0 Å². The minimum absolute atomic E-state index is 0.0224. The highest BCUT2D eigenvalue weighted by molar-refractivity contribution is 7.90. The second-order valence-electron chi connectivity index (χ2n) is 7.24. The van der Waals surface area contributed by atoms with E-state index in [1.54, 1.807) is 18.2 Å². The van der Waals surface area contributed by atoms with Gasteiger partial charge in [0, 0.05) is 17.4 Å². The molecule has 0 bridgehead atoms. The van der Waals surface area contributed by atoms with Crippen molar-refractivity contribution in [3.05, 3.63) is 52.3 Å². The van der Waals surface area contributed by atoms with Crippen LogP contribution in [0.2, 0.25) is 0 Å². The normalized spacial score (nSPS) is 18.3. The molecule has 0 saturated carbocycles. The smallest absolute Gasteiger partial charge is 0.435 e. The van der Waals surface area contributed by atoms with E-state index in [9.17, 15) is 30.9 Å². The molecule has 1 aromatic heterocycles. The molecular weight excluding hydrogens is 420 g/mol. The number of alkyl halides is 6. The lowest BCUT2D eigenvalue weighted by atomic mass is 10.1. The van der Waals surface area contributed by atoms with Crippen molar-refractivity contribution in [2.24, 2.45) is 0 Å². The number of halogens is 6. The van der Waals surface area contributed by atoms with Crippen LogP contribution in [0.15, 0.2) is 24.3 Å². The van der Waals surface area contributed by atoms with Crippen molar-refractivity contribution in [3.8, 4) is 0 Å². The molecule has 0 radical (unpaired) electrons. The predicted octanol–water partition coefficient (Wildman–Crippen LogP) is 4.10.